The highest BCUT2D eigenvalue weighted by atomic mass is 16.5. The maximum Gasteiger partial charge on any atom is 0.330 e. The summed E-state index contributed by atoms with van der Waals surface area (Å²) in [6.45, 7) is 19.7. The Morgan fingerprint density at radius 1 is 0.500 bits per heavy atom. The van der Waals surface area contributed by atoms with Gasteiger partial charge in [-0.25, -0.2) is 9.59 Å². The number of allylic oxidation sites excluding steroid dienone is 2. The minimum atomic E-state index is -0.221. The number of ether oxygens (including phenoxy) is 3. The Hall–Kier alpha value is -2.15. The number of nitrogens with zero attached hydrogens (tertiary/aromatic N) is 1. The Kier molecular flexibility index (Phi) is 32.8. The molecule has 0 saturated carbocycles. The van der Waals surface area contributed by atoms with Crippen LogP contribution in [0.15, 0.2) is 24.3 Å². The Morgan fingerprint density at radius 3 is 1.26 bits per heavy atom. The molecule has 0 N–H and O–H groups in total. The van der Waals surface area contributed by atoms with Crippen LogP contribution in [0.1, 0.15) is 184 Å². The van der Waals surface area contributed by atoms with E-state index in [1.54, 1.807) is 12.2 Å². The number of hydrogen-bond acceptors (Lipinski definition) is 7. The zero-order valence-corrected chi connectivity index (χ0v) is 37.0. The SMILES string of the molecule is CC(C)CCC(/C=C/C(=O)OCCCCCCCCC(CCCCCCCCOC(=O)/C=C/C(CCC(C)C)C(C)C)OC(=O)CCCN(C)C)C(C)C. The summed E-state index contributed by atoms with van der Waals surface area (Å²) in [5, 5.41) is 0. The van der Waals surface area contributed by atoms with Crippen molar-refractivity contribution in [2.75, 3.05) is 33.9 Å². The molecule has 0 aliphatic rings. The standard InChI is InChI=1S/C47H87NO6/c1-38(2)27-29-42(40(5)6)31-33-45(49)52-36-21-17-13-11-15-19-24-44(54-47(51)26-23-35-48(9)10)25-20-16-12-14-18-22-37-53-46(50)34-32-43(41(7)8)30-28-39(3)4/h31-34,38-44H,11-30,35-37H2,1-10H3/b33-31+,34-32+. The molecule has 7 heteroatoms. The van der Waals surface area contributed by atoms with E-state index >= 15 is 0 Å². The summed E-state index contributed by atoms with van der Waals surface area (Å²) in [4.78, 5) is 39.1. The van der Waals surface area contributed by atoms with Crippen molar-refractivity contribution in [2.24, 2.45) is 35.5 Å². The van der Waals surface area contributed by atoms with E-state index in [1.807, 2.05) is 26.2 Å². The first-order chi connectivity index (χ1) is 25.7. The van der Waals surface area contributed by atoms with Gasteiger partial charge in [0.25, 0.3) is 0 Å². The zero-order chi connectivity index (χ0) is 40.6. The first kappa shape index (κ1) is 51.9. The van der Waals surface area contributed by atoms with Gasteiger partial charge in [0, 0.05) is 18.6 Å². The molecule has 316 valence electrons. The van der Waals surface area contributed by atoms with E-state index in [9.17, 15) is 14.4 Å². The Labute approximate surface area is 334 Å². The molecule has 0 aliphatic carbocycles. The van der Waals surface area contributed by atoms with E-state index in [1.165, 1.54) is 12.8 Å². The summed E-state index contributed by atoms with van der Waals surface area (Å²) in [5.74, 6) is 2.71. The molecule has 54 heavy (non-hydrogen) atoms. The fourth-order valence-electron chi connectivity index (χ4n) is 6.61. The van der Waals surface area contributed by atoms with Crippen molar-refractivity contribution < 1.29 is 28.6 Å². The van der Waals surface area contributed by atoms with Gasteiger partial charge >= 0.3 is 17.9 Å². The van der Waals surface area contributed by atoms with Crippen LogP contribution in [0.25, 0.3) is 0 Å². The van der Waals surface area contributed by atoms with Crippen LogP contribution < -0.4 is 0 Å². The number of carbonyl (C=O) groups is 3. The van der Waals surface area contributed by atoms with Gasteiger partial charge in [-0.15, -0.1) is 0 Å². The molecule has 0 spiro atoms. The van der Waals surface area contributed by atoms with Gasteiger partial charge < -0.3 is 19.1 Å². The molecule has 0 fully saturated rings. The number of hydrogen-bond donors (Lipinski definition) is 0. The van der Waals surface area contributed by atoms with Crippen molar-refractivity contribution in [1.29, 1.82) is 0 Å². The molecule has 0 radical (unpaired) electrons. The summed E-state index contributed by atoms with van der Waals surface area (Å²) >= 11 is 0. The Balaban J connectivity index is 4.32. The second-order valence-corrected chi connectivity index (χ2v) is 17.7. The van der Waals surface area contributed by atoms with Crippen LogP contribution in [-0.4, -0.2) is 62.8 Å². The predicted octanol–water partition coefficient (Wildman–Crippen LogP) is 12.3. The highest BCUT2D eigenvalue weighted by Gasteiger charge is 2.15. The van der Waals surface area contributed by atoms with Crippen molar-refractivity contribution in [2.45, 2.75) is 190 Å². The monoisotopic (exact) mass is 762 g/mol. The highest BCUT2D eigenvalue weighted by molar-refractivity contribution is 5.82. The topological polar surface area (TPSA) is 82.1 Å². The molecular formula is C47H87NO6. The predicted molar refractivity (Wildman–Crippen MR) is 227 cm³/mol. The van der Waals surface area contributed by atoms with Gasteiger partial charge in [0.1, 0.15) is 6.10 Å². The van der Waals surface area contributed by atoms with Gasteiger partial charge in [-0.1, -0.05) is 132 Å². The quantitative estimate of drug-likeness (QED) is 0.0275. The minimum absolute atomic E-state index is 0.00174. The third-order valence-electron chi connectivity index (χ3n) is 10.4. The van der Waals surface area contributed by atoms with Crippen molar-refractivity contribution in [1.82, 2.24) is 4.90 Å². The van der Waals surface area contributed by atoms with Crippen molar-refractivity contribution >= 4 is 17.9 Å². The third kappa shape index (κ3) is 33.2. The minimum Gasteiger partial charge on any atom is -0.463 e. The van der Waals surface area contributed by atoms with E-state index < -0.39 is 0 Å². The Bertz CT molecular complexity index is 921. The van der Waals surface area contributed by atoms with Crippen molar-refractivity contribution in [3.63, 3.8) is 0 Å². The molecule has 0 saturated heterocycles. The average Bonchev–Trinajstić information content (AvgIpc) is 3.09. The lowest BCUT2D eigenvalue weighted by molar-refractivity contribution is -0.150. The van der Waals surface area contributed by atoms with E-state index in [4.69, 9.17) is 14.2 Å². The van der Waals surface area contributed by atoms with Gasteiger partial charge in [0.2, 0.25) is 0 Å². The lowest BCUT2D eigenvalue weighted by Gasteiger charge is -2.18. The summed E-state index contributed by atoms with van der Waals surface area (Å²) in [5.41, 5.74) is 0. The molecule has 0 aromatic rings. The van der Waals surface area contributed by atoms with Crippen LogP contribution >= 0.6 is 0 Å². The third-order valence-corrected chi connectivity index (χ3v) is 10.4. The first-order valence-corrected chi connectivity index (χ1v) is 22.2. The van der Waals surface area contributed by atoms with Crippen molar-refractivity contribution in [3.8, 4) is 0 Å². The lowest BCUT2D eigenvalue weighted by atomic mass is 9.88. The van der Waals surface area contributed by atoms with Gasteiger partial charge in [-0.3, -0.25) is 4.79 Å². The second kappa shape index (κ2) is 34.1. The van der Waals surface area contributed by atoms with E-state index in [0.29, 0.717) is 55.1 Å². The molecule has 0 heterocycles. The fraction of sp³-hybridized carbons (Fsp3) is 0.851. The lowest BCUT2D eigenvalue weighted by Crippen LogP contribution is -2.20. The van der Waals surface area contributed by atoms with E-state index in [0.717, 1.165) is 116 Å². The normalized spacial score (nSPS) is 13.9. The first-order valence-electron chi connectivity index (χ1n) is 22.2. The summed E-state index contributed by atoms with van der Waals surface area (Å²) in [7, 11) is 4.05. The van der Waals surface area contributed by atoms with E-state index in [-0.39, 0.29) is 24.0 Å². The summed E-state index contributed by atoms with van der Waals surface area (Å²) in [6.07, 6.45) is 27.9. The maximum atomic E-state index is 12.6. The molecule has 7 nitrogen and oxygen atoms in total. The maximum absolute atomic E-state index is 12.6. The van der Waals surface area contributed by atoms with Gasteiger partial charge in [-0.05, 0) is 114 Å². The average molecular weight is 762 g/mol. The largest absolute Gasteiger partial charge is 0.463 e. The van der Waals surface area contributed by atoms with Crippen LogP contribution in [-0.2, 0) is 28.6 Å². The fourth-order valence-corrected chi connectivity index (χ4v) is 6.61. The van der Waals surface area contributed by atoms with Crippen LogP contribution in [0, 0.1) is 35.5 Å². The molecule has 0 aromatic carbocycles. The molecule has 0 amide bonds. The molecular weight excluding hydrogens is 675 g/mol. The van der Waals surface area contributed by atoms with Crippen LogP contribution in [0.3, 0.4) is 0 Å². The molecule has 2 atom stereocenters. The van der Waals surface area contributed by atoms with Crippen LogP contribution in [0.2, 0.25) is 0 Å². The van der Waals surface area contributed by atoms with E-state index in [2.05, 4.69) is 60.3 Å². The van der Waals surface area contributed by atoms with Gasteiger partial charge in [-0.2, -0.15) is 0 Å². The van der Waals surface area contributed by atoms with Crippen molar-refractivity contribution in [3.05, 3.63) is 24.3 Å². The molecule has 0 aromatic heterocycles. The molecule has 0 bridgehead atoms. The van der Waals surface area contributed by atoms with Gasteiger partial charge in [0.05, 0.1) is 13.2 Å². The zero-order valence-electron chi connectivity index (χ0n) is 37.0. The molecule has 0 rings (SSSR count). The number of carbonyl (C=O) groups excluding carboxylic acids is 3. The molecule has 2 unspecified atom stereocenters. The number of rotatable bonds is 35. The summed E-state index contributed by atoms with van der Waals surface area (Å²) in [6, 6.07) is 0. The van der Waals surface area contributed by atoms with Gasteiger partial charge in [0.15, 0.2) is 0 Å². The second-order valence-electron chi connectivity index (χ2n) is 17.7. The Morgan fingerprint density at radius 2 is 0.889 bits per heavy atom. The summed E-state index contributed by atoms with van der Waals surface area (Å²) < 4.78 is 16.9. The van der Waals surface area contributed by atoms with Crippen LogP contribution in [0.4, 0.5) is 0 Å². The number of unbranched alkanes of at least 4 members (excludes halogenated alkanes) is 10. The van der Waals surface area contributed by atoms with Crippen LogP contribution in [0.5, 0.6) is 0 Å². The molecule has 0 aliphatic heterocycles. The number of esters is 3. The smallest absolute Gasteiger partial charge is 0.330 e. The highest BCUT2D eigenvalue weighted by Crippen LogP contribution is 2.23.